The fourth-order valence-corrected chi connectivity index (χ4v) is 2.67. The van der Waals surface area contributed by atoms with Crippen molar-refractivity contribution in [1.29, 1.82) is 0 Å². The molecule has 0 saturated carbocycles. The molecule has 0 amide bonds. The second-order valence-electron chi connectivity index (χ2n) is 4.84. The van der Waals surface area contributed by atoms with Crippen molar-refractivity contribution >= 4 is 11.8 Å². The summed E-state index contributed by atoms with van der Waals surface area (Å²) in [6.07, 6.45) is 1.70. The first-order valence-electron chi connectivity index (χ1n) is 6.79. The van der Waals surface area contributed by atoms with Gasteiger partial charge in [-0.05, 0) is 45.4 Å². The molecular weight excluding hydrogens is 270 g/mol. The van der Waals surface area contributed by atoms with Crippen LogP contribution in [-0.2, 0) is 0 Å². The van der Waals surface area contributed by atoms with Gasteiger partial charge in [-0.3, -0.25) is 0 Å². The fourth-order valence-electron chi connectivity index (χ4n) is 1.86. The summed E-state index contributed by atoms with van der Waals surface area (Å²) in [7, 11) is 0. The summed E-state index contributed by atoms with van der Waals surface area (Å²) in [6.45, 7) is 9.12. The van der Waals surface area contributed by atoms with E-state index < -0.39 is 0 Å². The zero-order valence-electron chi connectivity index (χ0n) is 12.4. The first-order chi connectivity index (χ1) is 9.58. The van der Waals surface area contributed by atoms with Crippen molar-refractivity contribution in [1.82, 2.24) is 15.3 Å². The molecule has 20 heavy (non-hydrogen) atoms. The van der Waals surface area contributed by atoms with Crippen molar-refractivity contribution in [3.8, 4) is 0 Å². The van der Waals surface area contributed by atoms with Gasteiger partial charge in [0.25, 0.3) is 0 Å². The molecule has 0 aliphatic heterocycles. The molecule has 1 unspecified atom stereocenters. The predicted molar refractivity (Wildman–Crippen MR) is 82.1 cm³/mol. The molecule has 1 N–H and O–H groups in total. The van der Waals surface area contributed by atoms with Gasteiger partial charge in [0.1, 0.15) is 5.76 Å². The highest BCUT2D eigenvalue weighted by Gasteiger charge is 2.08. The van der Waals surface area contributed by atoms with E-state index in [2.05, 4.69) is 29.1 Å². The number of hydrogen-bond acceptors (Lipinski definition) is 5. The molecule has 1 atom stereocenters. The Kier molecular flexibility index (Phi) is 5.20. The Morgan fingerprint density at radius 1 is 1.25 bits per heavy atom. The van der Waals surface area contributed by atoms with Crippen molar-refractivity contribution < 1.29 is 4.42 Å². The lowest BCUT2D eigenvalue weighted by Gasteiger charge is -2.11. The molecule has 0 bridgehead atoms. The quantitative estimate of drug-likeness (QED) is 0.502. The van der Waals surface area contributed by atoms with E-state index in [4.69, 9.17) is 4.42 Å². The number of nitrogens with zero attached hydrogens (tertiary/aromatic N) is 2. The third-order valence-corrected chi connectivity index (χ3v) is 4.21. The number of thioether (sulfide) groups is 1. The molecule has 0 fully saturated rings. The number of rotatable bonds is 6. The average molecular weight is 291 g/mol. The lowest BCUT2D eigenvalue weighted by atomic mass is 10.2. The zero-order chi connectivity index (χ0) is 14.5. The maximum Gasteiger partial charge on any atom is 0.188 e. The highest BCUT2D eigenvalue weighted by molar-refractivity contribution is 7.99. The second-order valence-corrected chi connectivity index (χ2v) is 5.90. The van der Waals surface area contributed by atoms with Crippen molar-refractivity contribution in [3.05, 3.63) is 41.1 Å². The Hall–Kier alpha value is -1.33. The molecule has 0 radical (unpaired) electrons. The number of aryl methyl sites for hydroxylation is 2. The molecule has 2 heterocycles. The van der Waals surface area contributed by atoms with Crippen LogP contribution in [0.15, 0.2) is 28.0 Å². The highest BCUT2D eigenvalue weighted by Crippen LogP contribution is 2.17. The van der Waals surface area contributed by atoms with Crippen LogP contribution in [0.4, 0.5) is 0 Å². The third-order valence-electron chi connectivity index (χ3n) is 3.37. The maximum atomic E-state index is 5.36. The van der Waals surface area contributed by atoms with Crippen LogP contribution in [0.5, 0.6) is 0 Å². The van der Waals surface area contributed by atoms with E-state index in [0.29, 0.717) is 0 Å². The molecule has 5 heteroatoms. The largest absolute Gasteiger partial charge is 0.468 e. The fraction of sp³-hybridized carbons (Fsp3) is 0.467. The van der Waals surface area contributed by atoms with E-state index in [0.717, 1.165) is 34.6 Å². The van der Waals surface area contributed by atoms with Crippen LogP contribution in [0.3, 0.4) is 0 Å². The highest BCUT2D eigenvalue weighted by atomic mass is 32.2. The Bertz CT molecular complexity index is 531. The Morgan fingerprint density at radius 3 is 2.55 bits per heavy atom. The minimum Gasteiger partial charge on any atom is -0.468 e. The second kappa shape index (κ2) is 6.90. The summed E-state index contributed by atoms with van der Waals surface area (Å²) in [5, 5.41) is 4.29. The molecular formula is C15H21N3OS. The van der Waals surface area contributed by atoms with Crippen molar-refractivity contribution in [2.75, 3.05) is 12.3 Å². The predicted octanol–water partition coefficient (Wildman–Crippen LogP) is 3.44. The molecule has 2 aromatic heterocycles. The van der Waals surface area contributed by atoms with Gasteiger partial charge in [0.15, 0.2) is 5.16 Å². The number of hydrogen-bond donors (Lipinski definition) is 1. The molecule has 108 valence electrons. The van der Waals surface area contributed by atoms with Gasteiger partial charge in [-0.25, -0.2) is 9.97 Å². The average Bonchev–Trinajstić information content (AvgIpc) is 2.94. The van der Waals surface area contributed by atoms with Crippen molar-refractivity contribution in [2.45, 2.75) is 38.9 Å². The molecule has 0 aromatic carbocycles. The molecule has 4 nitrogen and oxygen atoms in total. The topological polar surface area (TPSA) is 51.0 Å². The smallest absolute Gasteiger partial charge is 0.188 e. The van der Waals surface area contributed by atoms with Crippen LogP contribution in [-0.4, -0.2) is 22.3 Å². The SMILES string of the molecule is Cc1nc(SCCNC(C)c2ccco2)nc(C)c1C. The summed E-state index contributed by atoms with van der Waals surface area (Å²) >= 11 is 1.68. The van der Waals surface area contributed by atoms with Crippen LogP contribution in [0, 0.1) is 20.8 Å². The van der Waals surface area contributed by atoms with Crippen molar-refractivity contribution in [2.24, 2.45) is 0 Å². The summed E-state index contributed by atoms with van der Waals surface area (Å²) in [4.78, 5) is 9.01. The van der Waals surface area contributed by atoms with Crippen LogP contribution < -0.4 is 5.32 Å². The molecule has 0 saturated heterocycles. The summed E-state index contributed by atoms with van der Waals surface area (Å²) in [5.74, 6) is 1.90. The first kappa shape index (κ1) is 15.1. The van der Waals surface area contributed by atoms with Gasteiger partial charge in [-0.2, -0.15) is 0 Å². The first-order valence-corrected chi connectivity index (χ1v) is 7.78. The van der Waals surface area contributed by atoms with Gasteiger partial charge < -0.3 is 9.73 Å². The number of furan rings is 1. The van der Waals surface area contributed by atoms with Crippen LogP contribution in [0.1, 0.15) is 35.7 Å². The van der Waals surface area contributed by atoms with E-state index in [1.165, 1.54) is 5.56 Å². The standard InChI is InChI=1S/C15H21N3OS/c1-10-11(2)17-15(18-12(10)3)20-9-7-16-13(4)14-6-5-8-19-14/h5-6,8,13,16H,7,9H2,1-4H3. The Balaban J connectivity index is 1.79. The molecule has 0 spiro atoms. The molecule has 0 aliphatic carbocycles. The van der Waals surface area contributed by atoms with Crippen LogP contribution in [0.2, 0.25) is 0 Å². The molecule has 2 aromatic rings. The third kappa shape index (κ3) is 3.84. The van der Waals surface area contributed by atoms with E-state index in [-0.39, 0.29) is 6.04 Å². The summed E-state index contributed by atoms with van der Waals surface area (Å²) in [6, 6.07) is 4.13. The van der Waals surface area contributed by atoms with Gasteiger partial charge in [0.05, 0.1) is 12.3 Å². The monoisotopic (exact) mass is 291 g/mol. The minimum atomic E-state index is 0.230. The van der Waals surface area contributed by atoms with E-state index in [9.17, 15) is 0 Å². The summed E-state index contributed by atoms with van der Waals surface area (Å²) in [5.41, 5.74) is 3.31. The van der Waals surface area contributed by atoms with Crippen molar-refractivity contribution in [3.63, 3.8) is 0 Å². The van der Waals surface area contributed by atoms with Gasteiger partial charge in [-0.1, -0.05) is 11.8 Å². The maximum absolute atomic E-state index is 5.36. The lowest BCUT2D eigenvalue weighted by Crippen LogP contribution is -2.21. The Labute approximate surface area is 124 Å². The zero-order valence-corrected chi connectivity index (χ0v) is 13.3. The van der Waals surface area contributed by atoms with Crippen LogP contribution in [0.25, 0.3) is 0 Å². The van der Waals surface area contributed by atoms with Crippen LogP contribution >= 0.6 is 11.8 Å². The molecule has 2 rings (SSSR count). The number of aromatic nitrogens is 2. The lowest BCUT2D eigenvalue weighted by molar-refractivity contribution is 0.438. The normalized spacial score (nSPS) is 12.6. The van der Waals surface area contributed by atoms with Gasteiger partial charge >= 0.3 is 0 Å². The Morgan fingerprint density at radius 2 is 1.95 bits per heavy atom. The van der Waals surface area contributed by atoms with E-state index in [1.54, 1.807) is 18.0 Å². The van der Waals surface area contributed by atoms with E-state index >= 15 is 0 Å². The van der Waals surface area contributed by atoms with Gasteiger partial charge in [-0.15, -0.1) is 0 Å². The van der Waals surface area contributed by atoms with Gasteiger partial charge in [0, 0.05) is 23.7 Å². The van der Waals surface area contributed by atoms with Gasteiger partial charge in [0.2, 0.25) is 0 Å². The summed E-state index contributed by atoms with van der Waals surface area (Å²) < 4.78 is 5.36. The minimum absolute atomic E-state index is 0.230. The van der Waals surface area contributed by atoms with E-state index in [1.807, 2.05) is 26.0 Å². The number of nitrogens with one attached hydrogen (secondary N) is 1. The molecule has 0 aliphatic rings.